The average molecular weight is 243 g/mol. The fourth-order valence-corrected chi connectivity index (χ4v) is 1.61. The van der Waals surface area contributed by atoms with E-state index >= 15 is 0 Å². The van der Waals surface area contributed by atoms with Crippen LogP contribution in [0.5, 0.6) is 6.01 Å². The first kappa shape index (κ1) is 7.17. The molecule has 0 fully saturated rings. The van der Waals surface area contributed by atoms with Gasteiger partial charge in [-0.05, 0) is 25.4 Å². The van der Waals surface area contributed by atoms with Crippen molar-refractivity contribution >= 4 is 22.6 Å². The summed E-state index contributed by atoms with van der Waals surface area (Å²) in [6, 6.07) is -0.495. The smallest absolute Gasteiger partial charge is 0.297 e. The third-order valence-electron chi connectivity index (χ3n) is 2.15. The van der Waals surface area contributed by atoms with Crippen molar-refractivity contribution in [2.45, 2.75) is 19.9 Å². The molecular formula is C12H15ClN2O. The topological polar surface area (TPSA) is 27.1 Å². The molecule has 4 heteroatoms. The number of ether oxygens (including phenoxy) is 1. The molecule has 16 heavy (non-hydrogen) atoms. The Balaban J connectivity index is 2.74. The number of nitrogens with zero attached hydrogens (tertiary/aromatic N) is 2. The van der Waals surface area contributed by atoms with Crippen LogP contribution in [0.4, 0.5) is 0 Å². The van der Waals surface area contributed by atoms with Crippen molar-refractivity contribution in [2.75, 3.05) is 12.5 Å². The molecule has 0 aliphatic heterocycles. The minimum atomic E-state index is -0.285. The van der Waals surface area contributed by atoms with E-state index in [1.807, 2.05) is 6.92 Å². The zero-order valence-electron chi connectivity index (χ0n) is 13.0. The van der Waals surface area contributed by atoms with E-state index in [4.69, 9.17) is 21.8 Å². The summed E-state index contributed by atoms with van der Waals surface area (Å²) in [6.07, 6.45) is 0.663. The van der Waals surface area contributed by atoms with Crippen LogP contribution in [0.25, 0.3) is 11.0 Å². The Morgan fingerprint density at radius 2 is 2.31 bits per heavy atom. The number of hydrogen-bond donors (Lipinski definition) is 0. The lowest BCUT2D eigenvalue weighted by molar-refractivity contribution is 0.298. The molecule has 0 unspecified atom stereocenters. The first-order chi connectivity index (χ1) is 9.52. The lowest BCUT2D eigenvalue weighted by atomic mass is 10.3. The van der Waals surface area contributed by atoms with Crippen molar-refractivity contribution in [3.05, 3.63) is 24.2 Å². The fraction of sp³-hybridized carbons (Fsp3) is 0.417. The van der Waals surface area contributed by atoms with Crippen LogP contribution in [0.3, 0.4) is 0 Å². The molecule has 0 amide bonds. The highest BCUT2D eigenvalue weighted by Crippen LogP contribution is 2.21. The van der Waals surface area contributed by atoms with Crippen LogP contribution < -0.4 is 4.74 Å². The predicted octanol–water partition coefficient (Wildman–Crippen LogP) is 3.06. The number of benzene rings is 1. The average Bonchev–Trinajstić information content (AvgIpc) is 2.79. The van der Waals surface area contributed by atoms with Crippen molar-refractivity contribution in [2.24, 2.45) is 0 Å². The van der Waals surface area contributed by atoms with Gasteiger partial charge < -0.3 is 4.74 Å². The SMILES string of the molecule is [2H]c1c([2H])c([2H])c2c(nc(OCC)n2CCCCl)c1[2H]. The Morgan fingerprint density at radius 1 is 1.50 bits per heavy atom. The molecule has 0 spiro atoms. The molecule has 0 aliphatic rings. The van der Waals surface area contributed by atoms with E-state index < -0.39 is 0 Å². The minimum absolute atomic E-state index is 0.103. The van der Waals surface area contributed by atoms with Crippen LogP contribution in [0.2, 0.25) is 0 Å². The van der Waals surface area contributed by atoms with Gasteiger partial charge in [0.1, 0.15) is 0 Å². The third-order valence-corrected chi connectivity index (χ3v) is 2.41. The van der Waals surface area contributed by atoms with Crippen molar-refractivity contribution in [3.63, 3.8) is 0 Å². The normalized spacial score (nSPS) is 14.4. The molecule has 1 aromatic carbocycles. The number of para-hydroxylation sites is 2. The Hall–Kier alpha value is -1.22. The second-order valence-corrected chi connectivity index (χ2v) is 3.60. The van der Waals surface area contributed by atoms with Gasteiger partial charge in [0.25, 0.3) is 6.01 Å². The molecule has 86 valence electrons. The molecule has 0 saturated heterocycles. The highest BCUT2D eigenvalue weighted by molar-refractivity contribution is 6.17. The Kier molecular flexibility index (Phi) is 2.34. The maximum atomic E-state index is 8.01. The van der Waals surface area contributed by atoms with E-state index in [0.29, 0.717) is 37.0 Å². The van der Waals surface area contributed by atoms with E-state index in [-0.39, 0.29) is 29.7 Å². The van der Waals surface area contributed by atoms with Crippen LogP contribution in [0.15, 0.2) is 24.2 Å². The standard InChI is InChI=1S/C12H15ClN2O/c1-2-16-12-14-10-6-3-4-7-11(10)15(12)9-5-8-13/h3-4,6-7H,2,5,8-9H2,1H3/i3D,4D,6D,7D. The quantitative estimate of drug-likeness (QED) is 0.754. The highest BCUT2D eigenvalue weighted by atomic mass is 35.5. The monoisotopic (exact) mass is 242 g/mol. The summed E-state index contributed by atoms with van der Waals surface area (Å²) in [7, 11) is 0. The van der Waals surface area contributed by atoms with Gasteiger partial charge in [-0.1, -0.05) is 12.1 Å². The zero-order chi connectivity index (χ0) is 14.9. The van der Waals surface area contributed by atoms with Crippen LogP contribution >= 0.6 is 11.6 Å². The largest absolute Gasteiger partial charge is 0.465 e. The Labute approximate surface area is 106 Å². The maximum absolute atomic E-state index is 8.01. The molecular weight excluding hydrogens is 224 g/mol. The Bertz CT molecular complexity index is 644. The van der Waals surface area contributed by atoms with Crippen molar-refractivity contribution < 1.29 is 10.2 Å². The first-order valence-corrected chi connectivity index (χ1v) is 5.71. The minimum Gasteiger partial charge on any atom is -0.465 e. The van der Waals surface area contributed by atoms with E-state index in [0.717, 1.165) is 0 Å². The lowest BCUT2D eigenvalue weighted by Crippen LogP contribution is -2.04. The van der Waals surface area contributed by atoms with E-state index in [1.165, 1.54) is 0 Å². The van der Waals surface area contributed by atoms with Gasteiger partial charge in [-0.3, -0.25) is 4.57 Å². The van der Waals surface area contributed by atoms with Crippen LogP contribution in [-0.4, -0.2) is 22.0 Å². The highest BCUT2D eigenvalue weighted by Gasteiger charge is 2.10. The summed E-state index contributed by atoms with van der Waals surface area (Å²) in [4.78, 5) is 4.20. The molecule has 3 nitrogen and oxygen atoms in total. The summed E-state index contributed by atoms with van der Waals surface area (Å²) < 4.78 is 38.4. The summed E-state index contributed by atoms with van der Waals surface area (Å²) in [5, 5.41) is 0. The number of halogens is 1. The van der Waals surface area contributed by atoms with Gasteiger partial charge in [0.05, 0.1) is 23.1 Å². The number of aromatic nitrogens is 2. The maximum Gasteiger partial charge on any atom is 0.297 e. The molecule has 2 rings (SSSR count). The van der Waals surface area contributed by atoms with E-state index in [1.54, 1.807) is 4.57 Å². The molecule has 0 atom stereocenters. The van der Waals surface area contributed by atoms with Crippen molar-refractivity contribution in [1.82, 2.24) is 9.55 Å². The number of rotatable bonds is 5. The molecule has 1 heterocycles. The summed E-state index contributed by atoms with van der Waals surface area (Å²) >= 11 is 5.70. The van der Waals surface area contributed by atoms with Gasteiger partial charge in [-0.15, -0.1) is 11.6 Å². The summed E-state index contributed by atoms with van der Waals surface area (Å²) in [5.41, 5.74) is 0.596. The number of hydrogen-bond acceptors (Lipinski definition) is 2. The van der Waals surface area contributed by atoms with Gasteiger partial charge >= 0.3 is 0 Å². The Morgan fingerprint density at radius 3 is 3.06 bits per heavy atom. The molecule has 0 bridgehead atoms. The van der Waals surface area contributed by atoms with E-state index in [9.17, 15) is 0 Å². The molecule has 0 radical (unpaired) electrons. The van der Waals surface area contributed by atoms with E-state index in [2.05, 4.69) is 4.98 Å². The van der Waals surface area contributed by atoms with Crippen LogP contribution in [0.1, 0.15) is 18.8 Å². The van der Waals surface area contributed by atoms with Crippen LogP contribution in [-0.2, 0) is 6.54 Å². The van der Waals surface area contributed by atoms with Crippen LogP contribution in [0, 0.1) is 0 Å². The molecule has 0 saturated carbocycles. The predicted molar refractivity (Wildman–Crippen MR) is 66.2 cm³/mol. The van der Waals surface area contributed by atoms with Gasteiger partial charge in [-0.25, -0.2) is 0 Å². The first-order valence-electron chi connectivity index (χ1n) is 7.18. The van der Waals surface area contributed by atoms with Gasteiger partial charge in [0.2, 0.25) is 0 Å². The lowest BCUT2D eigenvalue weighted by Gasteiger charge is -2.07. The second kappa shape index (κ2) is 5.21. The number of alkyl halides is 1. The van der Waals surface area contributed by atoms with Crippen molar-refractivity contribution in [3.8, 4) is 6.01 Å². The number of imidazole rings is 1. The van der Waals surface area contributed by atoms with Gasteiger partial charge in [0.15, 0.2) is 0 Å². The zero-order valence-corrected chi connectivity index (χ0v) is 9.76. The number of fused-ring (bicyclic) bond motifs is 1. The molecule has 0 aliphatic carbocycles. The molecule has 1 aromatic heterocycles. The third kappa shape index (κ3) is 2.14. The molecule has 0 N–H and O–H groups in total. The fourth-order valence-electron chi connectivity index (χ4n) is 1.49. The number of aryl methyl sites for hydroxylation is 1. The van der Waals surface area contributed by atoms with Crippen molar-refractivity contribution in [1.29, 1.82) is 0 Å². The summed E-state index contributed by atoms with van der Waals surface area (Å²) in [6.45, 7) is 2.73. The van der Waals surface area contributed by atoms with Gasteiger partial charge in [0, 0.05) is 12.4 Å². The van der Waals surface area contributed by atoms with Gasteiger partial charge in [-0.2, -0.15) is 4.98 Å². The second-order valence-electron chi connectivity index (χ2n) is 3.22. The molecule has 2 aromatic rings. The summed E-state index contributed by atoms with van der Waals surface area (Å²) in [5.74, 6) is 0.455.